The molecule has 0 aromatic heterocycles. The van der Waals surface area contributed by atoms with Gasteiger partial charge in [0.05, 0.1) is 0 Å². The third kappa shape index (κ3) is 3.49. The standard InChI is InChI=1S/C16H24N2/c17-16-4-2-1-3-15(16)9-10-18(11-13-5-6-13)12-14-7-8-14/h1-4,13-14H,5-12,17H2. The molecule has 3 rings (SSSR count). The van der Waals surface area contributed by atoms with Crippen LogP contribution < -0.4 is 5.73 Å². The highest BCUT2D eigenvalue weighted by Gasteiger charge is 2.28. The summed E-state index contributed by atoms with van der Waals surface area (Å²) in [4.78, 5) is 2.68. The lowest BCUT2D eigenvalue weighted by molar-refractivity contribution is 0.255. The second-order valence-corrected chi connectivity index (χ2v) is 6.10. The first-order valence-corrected chi connectivity index (χ1v) is 7.37. The van der Waals surface area contributed by atoms with E-state index >= 15 is 0 Å². The topological polar surface area (TPSA) is 29.3 Å². The van der Waals surface area contributed by atoms with Crippen molar-refractivity contribution < 1.29 is 0 Å². The SMILES string of the molecule is Nc1ccccc1CCN(CC1CC1)CC1CC1. The summed E-state index contributed by atoms with van der Waals surface area (Å²) in [7, 11) is 0. The first kappa shape index (κ1) is 12.0. The molecule has 2 aliphatic carbocycles. The van der Waals surface area contributed by atoms with Crippen LogP contribution in [0.5, 0.6) is 0 Å². The molecule has 1 aromatic carbocycles. The Morgan fingerprint density at radius 3 is 2.17 bits per heavy atom. The highest BCUT2D eigenvalue weighted by molar-refractivity contribution is 5.46. The summed E-state index contributed by atoms with van der Waals surface area (Å²) in [6.07, 6.45) is 6.92. The van der Waals surface area contributed by atoms with Crippen molar-refractivity contribution in [3.05, 3.63) is 29.8 Å². The van der Waals surface area contributed by atoms with Crippen LogP contribution in [-0.4, -0.2) is 24.5 Å². The molecule has 2 nitrogen and oxygen atoms in total. The molecule has 2 fully saturated rings. The highest BCUT2D eigenvalue weighted by Crippen LogP contribution is 2.33. The fourth-order valence-corrected chi connectivity index (χ4v) is 2.63. The average Bonchev–Trinajstić information content (AvgIpc) is 3.23. The van der Waals surface area contributed by atoms with E-state index in [1.807, 2.05) is 12.1 Å². The Morgan fingerprint density at radius 2 is 1.61 bits per heavy atom. The molecule has 1 aromatic rings. The Morgan fingerprint density at radius 1 is 1.00 bits per heavy atom. The number of benzene rings is 1. The molecule has 0 saturated heterocycles. The van der Waals surface area contributed by atoms with Gasteiger partial charge < -0.3 is 10.6 Å². The van der Waals surface area contributed by atoms with Crippen LogP contribution in [0, 0.1) is 11.8 Å². The zero-order valence-corrected chi connectivity index (χ0v) is 11.1. The van der Waals surface area contributed by atoms with Gasteiger partial charge in [-0.2, -0.15) is 0 Å². The average molecular weight is 244 g/mol. The third-order valence-corrected chi connectivity index (χ3v) is 4.18. The number of nitrogens with zero attached hydrogens (tertiary/aromatic N) is 1. The van der Waals surface area contributed by atoms with Crippen LogP contribution in [-0.2, 0) is 6.42 Å². The minimum Gasteiger partial charge on any atom is -0.399 e. The van der Waals surface area contributed by atoms with Crippen molar-refractivity contribution in [3.8, 4) is 0 Å². The molecule has 2 N–H and O–H groups in total. The van der Waals surface area contributed by atoms with Crippen LogP contribution >= 0.6 is 0 Å². The van der Waals surface area contributed by atoms with Crippen molar-refractivity contribution in [1.82, 2.24) is 4.90 Å². The van der Waals surface area contributed by atoms with E-state index in [1.165, 1.54) is 50.9 Å². The third-order valence-electron chi connectivity index (χ3n) is 4.18. The lowest BCUT2D eigenvalue weighted by Gasteiger charge is -2.22. The molecular formula is C16H24N2. The zero-order chi connectivity index (χ0) is 12.4. The van der Waals surface area contributed by atoms with Crippen molar-refractivity contribution in [3.63, 3.8) is 0 Å². The number of anilines is 1. The molecule has 0 amide bonds. The first-order chi connectivity index (χ1) is 8.81. The lowest BCUT2D eigenvalue weighted by Crippen LogP contribution is -2.30. The van der Waals surface area contributed by atoms with E-state index in [-0.39, 0.29) is 0 Å². The highest BCUT2D eigenvalue weighted by atomic mass is 15.1. The van der Waals surface area contributed by atoms with E-state index < -0.39 is 0 Å². The van der Waals surface area contributed by atoms with Gasteiger partial charge >= 0.3 is 0 Å². The Hall–Kier alpha value is -1.02. The van der Waals surface area contributed by atoms with E-state index in [0.717, 1.165) is 23.9 Å². The van der Waals surface area contributed by atoms with E-state index in [9.17, 15) is 0 Å². The summed E-state index contributed by atoms with van der Waals surface area (Å²) in [5, 5.41) is 0. The van der Waals surface area contributed by atoms with Crippen molar-refractivity contribution in [2.24, 2.45) is 11.8 Å². The molecule has 0 radical (unpaired) electrons. The molecular weight excluding hydrogens is 220 g/mol. The minimum atomic E-state index is 0.954. The molecule has 2 heteroatoms. The van der Waals surface area contributed by atoms with Gasteiger partial charge in [-0.25, -0.2) is 0 Å². The Bertz CT molecular complexity index is 380. The van der Waals surface area contributed by atoms with Crippen LogP contribution in [0.25, 0.3) is 0 Å². The maximum atomic E-state index is 6.02. The number of hydrogen-bond donors (Lipinski definition) is 1. The Balaban J connectivity index is 1.52. The quantitative estimate of drug-likeness (QED) is 0.747. The van der Waals surface area contributed by atoms with Crippen LogP contribution in [0.15, 0.2) is 24.3 Å². The van der Waals surface area contributed by atoms with Gasteiger partial charge in [-0.15, -0.1) is 0 Å². The maximum Gasteiger partial charge on any atom is 0.0347 e. The summed E-state index contributed by atoms with van der Waals surface area (Å²) in [5.41, 5.74) is 8.28. The summed E-state index contributed by atoms with van der Waals surface area (Å²) >= 11 is 0. The number of nitrogens with two attached hydrogens (primary N) is 1. The normalized spacial score (nSPS) is 19.4. The van der Waals surface area contributed by atoms with Crippen molar-refractivity contribution in [1.29, 1.82) is 0 Å². The van der Waals surface area contributed by atoms with Gasteiger partial charge in [0.15, 0.2) is 0 Å². The van der Waals surface area contributed by atoms with Crippen molar-refractivity contribution >= 4 is 5.69 Å². The molecule has 2 saturated carbocycles. The second-order valence-electron chi connectivity index (χ2n) is 6.10. The summed E-state index contributed by atoms with van der Waals surface area (Å²) in [6.45, 7) is 3.83. The van der Waals surface area contributed by atoms with E-state index in [0.29, 0.717) is 0 Å². The molecule has 0 atom stereocenters. The first-order valence-electron chi connectivity index (χ1n) is 7.37. The van der Waals surface area contributed by atoms with E-state index in [2.05, 4.69) is 17.0 Å². The molecule has 2 aliphatic rings. The fourth-order valence-electron chi connectivity index (χ4n) is 2.63. The molecule has 18 heavy (non-hydrogen) atoms. The molecule has 0 unspecified atom stereocenters. The van der Waals surface area contributed by atoms with Crippen molar-refractivity contribution in [2.75, 3.05) is 25.4 Å². The van der Waals surface area contributed by atoms with Gasteiger partial charge in [0, 0.05) is 25.3 Å². The van der Waals surface area contributed by atoms with Gasteiger partial charge in [-0.05, 0) is 55.6 Å². The smallest absolute Gasteiger partial charge is 0.0347 e. The second kappa shape index (κ2) is 5.31. The largest absolute Gasteiger partial charge is 0.399 e. The predicted molar refractivity (Wildman–Crippen MR) is 76.4 cm³/mol. The monoisotopic (exact) mass is 244 g/mol. The Kier molecular flexibility index (Phi) is 3.55. The summed E-state index contributed by atoms with van der Waals surface area (Å²) < 4.78 is 0. The Labute approximate surface area is 110 Å². The van der Waals surface area contributed by atoms with Crippen LogP contribution in [0.4, 0.5) is 5.69 Å². The molecule has 98 valence electrons. The maximum absolute atomic E-state index is 6.02. The molecule has 0 bridgehead atoms. The number of hydrogen-bond acceptors (Lipinski definition) is 2. The molecule has 0 spiro atoms. The molecule has 0 heterocycles. The molecule has 0 aliphatic heterocycles. The zero-order valence-electron chi connectivity index (χ0n) is 11.1. The van der Waals surface area contributed by atoms with E-state index in [1.54, 1.807) is 0 Å². The summed E-state index contributed by atoms with van der Waals surface area (Å²) in [6, 6.07) is 8.30. The van der Waals surface area contributed by atoms with Crippen LogP contribution in [0.3, 0.4) is 0 Å². The van der Waals surface area contributed by atoms with Gasteiger partial charge in [0.25, 0.3) is 0 Å². The number of rotatable bonds is 7. The summed E-state index contributed by atoms with van der Waals surface area (Å²) in [5.74, 6) is 1.99. The van der Waals surface area contributed by atoms with Gasteiger partial charge in [-0.3, -0.25) is 0 Å². The van der Waals surface area contributed by atoms with Gasteiger partial charge in [-0.1, -0.05) is 18.2 Å². The van der Waals surface area contributed by atoms with Gasteiger partial charge in [0.2, 0.25) is 0 Å². The van der Waals surface area contributed by atoms with E-state index in [4.69, 9.17) is 5.73 Å². The van der Waals surface area contributed by atoms with Crippen LogP contribution in [0.1, 0.15) is 31.2 Å². The lowest BCUT2D eigenvalue weighted by atomic mass is 10.1. The van der Waals surface area contributed by atoms with Crippen molar-refractivity contribution in [2.45, 2.75) is 32.1 Å². The predicted octanol–water partition coefficient (Wildman–Crippen LogP) is 2.93. The van der Waals surface area contributed by atoms with Crippen LogP contribution in [0.2, 0.25) is 0 Å². The number of para-hydroxylation sites is 1. The van der Waals surface area contributed by atoms with Gasteiger partial charge in [0.1, 0.15) is 0 Å². The minimum absolute atomic E-state index is 0.954. The number of nitrogen functional groups attached to an aromatic ring is 1. The fraction of sp³-hybridized carbons (Fsp3) is 0.625.